The highest BCUT2D eigenvalue weighted by molar-refractivity contribution is 6.51. The summed E-state index contributed by atoms with van der Waals surface area (Å²) in [4.78, 5) is 26.8. The molecule has 4 rings (SSSR count). The number of anilines is 1. The molecule has 1 aliphatic heterocycles. The molecule has 2 N–H and O–H groups in total. The van der Waals surface area contributed by atoms with Crippen LogP contribution in [0.2, 0.25) is 0 Å². The predicted molar refractivity (Wildman–Crippen MR) is 110 cm³/mol. The van der Waals surface area contributed by atoms with Gasteiger partial charge >= 0.3 is 0 Å². The molecule has 3 aromatic carbocycles. The Hall–Kier alpha value is -4.07. The van der Waals surface area contributed by atoms with Crippen LogP contribution in [-0.4, -0.2) is 21.9 Å². The van der Waals surface area contributed by atoms with Crippen molar-refractivity contribution in [1.29, 1.82) is 0 Å². The lowest BCUT2D eigenvalue weighted by atomic mass is 9.94. The van der Waals surface area contributed by atoms with E-state index in [1.165, 1.54) is 43.3 Å². The van der Waals surface area contributed by atoms with Crippen LogP contribution in [-0.2, 0) is 9.59 Å². The van der Waals surface area contributed by atoms with E-state index in [1.54, 1.807) is 0 Å². The minimum absolute atomic E-state index is 0.0762. The van der Waals surface area contributed by atoms with Crippen molar-refractivity contribution in [3.8, 4) is 5.75 Å². The second-order valence-corrected chi connectivity index (χ2v) is 7.32. The number of aromatic hydroxyl groups is 1. The number of phenolic OH excluding ortho intramolecular Hbond substituents is 1. The van der Waals surface area contributed by atoms with Crippen molar-refractivity contribution in [2.75, 3.05) is 4.90 Å². The maximum atomic E-state index is 13.9. The van der Waals surface area contributed by atoms with Gasteiger partial charge < -0.3 is 10.2 Å². The number of carbonyl (C=O) groups is 2. The molecule has 0 bridgehead atoms. The quantitative estimate of drug-likeness (QED) is 0.351. The highest BCUT2D eigenvalue weighted by Gasteiger charge is 2.47. The Bertz CT molecular complexity index is 1280. The maximum absolute atomic E-state index is 13.9. The van der Waals surface area contributed by atoms with Crippen molar-refractivity contribution in [2.24, 2.45) is 0 Å². The van der Waals surface area contributed by atoms with Crippen LogP contribution < -0.4 is 4.90 Å². The first-order valence-corrected chi connectivity index (χ1v) is 9.50. The number of rotatable bonds is 3. The third-order valence-electron chi connectivity index (χ3n) is 5.27. The van der Waals surface area contributed by atoms with Crippen molar-refractivity contribution in [3.05, 3.63) is 100 Å². The molecule has 0 aliphatic carbocycles. The molecule has 162 valence electrons. The van der Waals surface area contributed by atoms with Crippen LogP contribution in [0.4, 0.5) is 18.9 Å². The summed E-state index contributed by atoms with van der Waals surface area (Å²) in [5, 5.41) is 20.6. The summed E-state index contributed by atoms with van der Waals surface area (Å²) in [5.41, 5.74) is 0.239. The fraction of sp³-hybridized carbons (Fsp3) is 0.0833. The third kappa shape index (κ3) is 3.49. The van der Waals surface area contributed by atoms with Crippen LogP contribution in [0.1, 0.15) is 22.7 Å². The third-order valence-corrected chi connectivity index (χ3v) is 5.27. The first-order valence-electron chi connectivity index (χ1n) is 9.50. The zero-order valence-corrected chi connectivity index (χ0v) is 16.6. The summed E-state index contributed by atoms with van der Waals surface area (Å²) in [6.07, 6.45) is 0. The van der Waals surface area contributed by atoms with Gasteiger partial charge in [-0.1, -0.05) is 12.1 Å². The van der Waals surface area contributed by atoms with Gasteiger partial charge in [-0.2, -0.15) is 0 Å². The summed E-state index contributed by atoms with van der Waals surface area (Å²) in [7, 11) is 0. The molecule has 1 saturated heterocycles. The number of hydrogen-bond donors (Lipinski definition) is 2. The van der Waals surface area contributed by atoms with Gasteiger partial charge in [-0.05, 0) is 60.5 Å². The summed E-state index contributed by atoms with van der Waals surface area (Å²) in [6.45, 7) is 1.48. The van der Waals surface area contributed by atoms with Gasteiger partial charge in [0.15, 0.2) is 11.6 Å². The van der Waals surface area contributed by atoms with Crippen LogP contribution in [0.5, 0.6) is 5.75 Å². The van der Waals surface area contributed by atoms with E-state index < -0.39 is 40.9 Å². The SMILES string of the molecule is Cc1cc(/C(O)=C2\C(=O)C(=O)N(c3ccc(F)c(F)c3)C2c2ccc(O)cc2)ccc1F. The topological polar surface area (TPSA) is 77.8 Å². The molecular formula is C24H16F3NO4. The maximum Gasteiger partial charge on any atom is 0.300 e. The molecular weight excluding hydrogens is 423 g/mol. The summed E-state index contributed by atoms with van der Waals surface area (Å²) in [5.74, 6) is -5.60. The Balaban J connectivity index is 1.96. The van der Waals surface area contributed by atoms with E-state index in [-0.39, 0.29) is 28.1 Å². The van der Waals surface area contributed by atoms with Crippen LogP contribution in [0.25, 0.3) is 5.76 Å². The van der Waals surface area contributed by atoms with Crippen LogP contribution in [0.15, 0.2) is 66.2 Å². The van der Waals surface area contributed by atoms with Gasteiger partial charge in [0.25, 0.3) is 11.7 Å². The number of Topliss-reactive ketones (excluding diaryl/α,β-unsaturated/α-hetero) is 1. The molecule has 5 nitrogen and oxygen atoms in total. The molecule has 1 amide bonds. The summed E-state index contributed by atoms with van der Waals surface area (Å²) < 4.78 is 41.1. The largest absolute Gasteiger partial charge is 0.508 e. The molecule has 1 fully saturated rings. The Morgan fingerprint density at radius 3 is 2.16 bits per heavy atom. The van der Waals surface area contributed by atoms with Gasteiger partial charge in [0.1, 0.15) is 17.3 Å². The first-order chi connectivity index (χ1) is 15.2. The highest BCUT2D eigenvalue weighted by atomic mass is 19.2. The molecule has 0 saturated carbocycles. The number of nitrogens with zero attached hydrogens (tertiary/aromatic N) is 1. The van der Waals surface area contributed by atoms with Gasteiger partial charge in [-0.25, -0.2) is 13.2 Å². The number of amides is 1. The van der Waals surface area contributed by atoms with Crippen LogP contribution in [0.3, 0.4) is 0 Å². The van der Waals surface area contributed by atoms with E-state index >= 15 is 0 Å². The van der Waals surface area contributed by atoms with Crippen LogP contribution >= 0.6 is 0 Å². The van der Waals surface area contributed by atoms with E-state index in [0.717, 1.165) is 29.2 Å². The molecule has 1 heterocycles. The molecule has 0 radical (unpaired) electrons. The molecule has 0 aromatic heterocycles. The lowest BCUT2D eigenvalue weighted by Gasteiger charge is -2.25. The van der Waals surface area contributed by atoms with E-state index in [0.29, 0.717) is 5.56 Å². The Labute approximate surface area is 180 Å². The first kappa shape index (κ1) is 21.2. The smallest absolute Gasteiger partial charge is 0.300 e. The number of benzene rings is 3. The molecule has 3 aromatic rings. The van der Waals surface area contributed by atoms with Crippen molar-refractivity contribution < 1.29 is 33.0 Å². The van der Waals surface area contributed by atoms with Crippen LogP contribution in [0, 0.1) is 24.4 Å². The standard InChI is InChI=1S/C24H16F3NO4/c1-12-10-14(4-8-17(12)25)22(30)20-21(13-2-6-16(29)7-3-13)28(24(32)23(20)31)15-5-9-18(26)19(27)11-15/h2-11,21,29-30H,1H3/b22-20+. The van der Waals surface area contributed by atoms with Gasteiger partial charge in [0.2, 0.25) is 0 Å². The van der Waals surface area contributed by atoms with Gasteiger partial charge in [0.05, 0.1) is 11.6 Å². The van der Waals surface area contributed by atoms with E-state index in [1.807, 2.05) is 0 Å². The monoisotopic (exact) mass is 439 g/mol. The lowest BCUT2D eigenvalue weighted by Crippen LogP contribution is -2.29. The Morgan fingerprint density at radius 2 is 1.53 bits per heavy atom. The number of phenols is 1. The molecule has 1 atom stereocenters. The zero-order valence-electron chi connectivity index (χ0n) is 16.6. The number of ketones is 1. The van der Waals surface area contributed by atoms with Crippen molar-refractivity contribution in [3.63, 3.8) is 0 Å². The number of carbonyl (C=O) groups excluding carboxylic acids is 2. The minimum Gasteiger partial charge on any atom is -0.508 e. The molecule has 1 aliphatic rings. The Morgan fingerprint density at radius 1 is 0.875 bits per heavy atom. The number of aliphatic hydroxyl groups is 1. The lowest BCUT2D eigenvalue weighted by molar-refractivity contribution is -0.132. The number of aryl methyl sites for hydroxylation is 1. The number of aliphatic hydroxyl groups excluding tert-OH is 1. The molecule has 8 heteroatoms. The fourth-order valence-electron chi connectivity index (χ4n) is 3.65. The summed E-state index contributed by atoms with van der Waals surface area (Å²) in [6, 6.07) is 10.7. The number of halogens is 3. The van der Waals surface area contributed by atoms with Crippen molar-refractivity contribution in [1.82, 2.24) is 0 Å². The van der Waals surface area contributed by atoms with Crippen molar-refractivity contribution in [2.45, 2.75) is 13.0 Å². The average molecular weight is 439 g/mol. The van der Waals surface area contributed by atoms with E-state index in [2.05, 4.69) is 0 Å². The second kappa shape index (κ2) is 7.88. The highest BCUT2D eigenvalue weighted by Crippen LogP contribution is 2.42. The summed E-state index contributed by atoms with van der Waals surface area (Å²) >= 11 is 0. The van der Waals surface area contributed by atoms with Crippen molar-refractivity contribution >= 4 is 23.1 Å². The van der Waals surface area contributed by atoms with Gasteiger partial charge in [-0.15, -0.1) is 0 Å². The molecule has 0 spiro atoms. The van der Waals surface area contributed by atoms with Gasteiger partial charge in [-0.3, -0.25) is 14.5 Å². The predicted octanol–water partition coefficient (Wildman–Crippen LogP) is 4.74. The fourth-order valence-corrected chi connectivity index (χ4v) is 3.65. The minimum atomic E-state index is -1.22. The van der Waals surface area contributed by atoms with E-state index in [9.17, 15) is 33.0 Å². The second-order valence-electron chi connectivity index (χ2n) is 7.32. The normalized spacial score (nSPS) is 17.8. The average Bonchev–Trinajstić information content (AvgIpc) is 3.03. The van der Waals surface area contributed by atoms with Gasteiger partial charge in [0, 0.05) is 17.3 Å². The molecule has 1 unspecified atom stereocenters. The number of hydrogen-bond acceptors (Lipinski definition) is 4. The van der Waals surface area contributed by atoms with E-state index in [4.69, 9.17) is 0 Å². The zero-order chi connectivity index (χ0) is 23.2. The molecule has 32 heavy (non-hydrogen) atoms. The Kier molecular flexibility index (Phi) is 5.22.